The third-order valence-corrected chi connectivity index (χ3v) is 13.8. The summed E-state index contributed by atoms with van der Waals surface area (Å²) in [6.45, 7) is 6.86. The topological polar surface area (TPSA) is 111 Å². The Kier molecular flexibility index (Phi) is 50.6. The van der Waals surface area contributed by atoms with Crippen LogP contribution in [-0.2, 0) is 27.9 Å². The Labute approximate surface area is 450 Å². The van der Waals surface area contributed by atoms with Crippen LogP contribution in [0.15, 0.2) is 85.1 Å². The van der Waals surface area contributed by atoms with Gasteiger partial charge in [0.05, 0.1) is 33.8 Å². The number of likely N-dealkylation sites (N-methyl/N-ethyl adjacent to an activating group) is 1. The molecule has 9 nitrogen and oxygen atoms in total. The van der Waals surface area contributed by atoms with Crippen LogP contribution in [0.25, 0.3) is 0 Å². The molecule has 0 aliphatic heterocycles. The van der Waals surface area contributed by atoms with Gasteiger partial charge in [-0.1, -0.05) is 241 Å². The molecule has 0 rings (SSSR count). The summed E-state index contributed by atoms with van der Waals surface area (Å²) >= 11 is 0. The lowest BCUT2D eigenvalue weighted by Crippen LogP contribution is -2.47. The standard InChI is InChI=1S/C63H113N2O7P/c1-7-10-13-16-19-22-25-28-30-31-32-33-34-35-36-37-40-43-46-49-52-55-62(66)64-60(59-71-73(68,69)70-58-57-65(4,5)6)61(54-51-48-45-42-39-27-24-21-18-15-12-9-3)72-63(67)56-53-50-47-44-41-38-29-26-23-20-17-14-11-8-2/h10,13,19,22,28,30,32-33,35-36,40,43,51,54,60-61H,7-9,11-12,14-18,20-21,23-27,29,31,34,37-39,41-42,44-50,52-53,55-59H2,1-6H3,(H-,64,66,68,69)/p+1/b13-10-,22-19-,30-28-,33-32-,36-35-,43-40-,54-51-. The maximum Gasteiger partial charge on any atom is 0.472 e. The molecule has 0 saturated carbocycles. The molecule has 0 aromatic rings. The molecule has 0 spiro atoms. The van der Waals surface area contributed by atoms with Crippen molar-refractivity contribution in [3.63, 3.8) is 0 Å². The zero-order valence-corrected chi connectivity index (χ0v) is 49.0. The summed E-state index contributed by atoms with van der Waals surface area (Å²) in [5.74, 6) is -0.555. The van der Waals surface area contributed by atoms with E-state index in [0.717, 1.165) is 89.9 Å². The molecular formula is C63H114N2O7P+. The monoisotopic (exact) mass is 1040 g/mol. The molecule has 0 saturated heterocycles. The fourth-order valence-corrected chi connectivity index (χ4v) is 8.97. The van der Waals surface area contributed by atoms with E-state index in [1.165, 1.54) is 122 Å². The zero-order chi connectivity index (χ0) is 53.6. The number of nitrogens with one attached hydrogen (secondary N) is 1. The van der Waals surface area contributed by atoms with E-state index in [4.69, 9.17) is 13.8 Å². The zero-order valence-electron chi connectivity index (χ0n) is 48.1. The van der Waals surface area contributed by atoms with Crippen molar-refractivity contribution in [3.05, 3.63) is 85.1 Å². The minimum absolute atomic E-state index is 0.0292. The van der Waals surface area contributed by atoms with Crippen molar-refractivity contribution in [2.24, 2.45) is 0 Å². The Hall–Kier alpha value is -2.81. The average molecular weight is 1040 g/mol. The average Bonchev–Trinajstić information content (AvgIpc) is 3.35. The van der Waals surface area contributed by atoms with Crippen LogP contribution < -0.4 is 5.32 Å². The van der Waals surface area contributed by atoms with Crippen LogP contribution in [0.1, 0.15) is 252 Å². The molecule has 3 atom stereocenters. The number of ether oxygens (including phenoxy) is 1. The first-order valence-corrected chi connectivity index (χ1v) is 31.4. The summed E-state index contributed by atoms with van der Waals surface area (Å²) in [5.41, 5.74) is 0. The van der Waals surface area contributed by atoms with Crippen LogP contribution in [0.3, 0.4) is 0 Å². The van der Waals surface area contributed by atoms with E-state index in [1.54, 1.807) is 0 Å². The number of esters is 1. The van der Waals surface area contributed by atoms with Crippen molar-refractivity contribution in [3.8, 4) is 0 Å². The van der Waals surface area contributed by atoms with Crippen molar-refractivity contribution in [1.29, 1.82) is 0 Å². The van der Waals surface area contributed by atoms with Gasteiger partial charge >= 0.3 is 13.8 Å². The number of carbonyl (C=O) groups is 2. The second-order valence-corrected chi connectivity index (χ2v) is 22.6. The normalized spacial score (nSPS) is 14.3. The number of allylic oxidation sites excluding steroid dienone is 13. The van der Waals surface area contributed by atoms with Crippen LogP contribution in [0.4, 0.5) is 0 Å². The van der Waals surface area contributed by atoms with Crippen LogP contribution >= 0.6 is 7.82 Å². The first-order chi connectivity index (χ1) is 35.4. The second kappa shape index (κ2) is 52.6. The van der Waals surface area contributed by atoms with E-state index in [2.05, 4.69) is 99.0 Å². The molecule has 0 aromatic carbocycles. The predicted molar refractivity (Wildman–Crippen MR) is 314 cm³/mol. The number of quaternary nitrogens is 1. The fourth-order valence-electron chi connectivity index (χ4n) is 8.24. The SMILES string of the molecule is CC/C=C\C/C=C\C/C=C\C/C=C\C/C=C\C/C=C\CCCCC(=O)NC(COP(=O)(O)OCC[N+](C)(C)C)C(/C=C\CCCCCCCCCCCC)OC(=O)CCCCCCCCCCCCCCCC. The van der Waals surface area contributed by atoms with Crippen LogP contribution in [0.2, 0.25) is 0 Å². The Morgan fingerprint density at radius 3 is 1.33 bits per heavy atom. The number of phosphoric acid groups is 1. The molecule has 1 amide bonds. The van der Waals surface area contributed by atoms with Crippen LogP contribution in [-0.4, -0.2) is 74.3 Å². The summed E-state index contributed by atoms with van der Waals surface area (Å²) in [6, 6.07) is -0.873. The molecule has 10 heteroatoms. The van der Waals surface area contributed by atoms with Gasteiger partial charge in [-0.2, -0.15) is 0 Å². The van der Waals surface area contributed by atoms with Gasteiger partial charge in [-0.25, -0.2) is 4.57 Å². The van der Waals surface area contributed by atoms with E-state index in [9.17, 15) is 19.0 Å². The highest BCUT2D eigenvalue weighted by molar-refractivity contribution is 7.47. The van der Waals surface area contributed by atoms with E-state index >= 15 is 0 Å². The van der Waals surface area contributed by atoms with Gasteiger partial charge in [0, 0.05) is 12.8 Å². The number of nitrogens with zero attached hydrogens (tertiary/aromatic N) is 1. The quantitative estimate of drug-likeness (QED) is 0.0205. The summed E-state index contributed by atoms with van der Waals surface area (Å²) in [7, 11) is 1.46. The highest BCUT2D eigenvalue weighted by Gasteiger charge is 2.30. The Bertz CT molecular complexity index is 1530. The number of hydrogen-bond acceptors (Lipinski definition) is 6. The molecule has 0 aliphatic rings. The maximum absolute atomic E-state index is 13.5. The molecule has 2 N–H and O–H groups in total. The number of rotatable bonds is 53. The van der Waals surface area contributed by atoms with Gasteiger partial charge in [-0.15, -0.1) is 0 Å². The van der Waals surface area contributed by atoms with Crippen molar-refractivity contribution in [2.45, 2.75) is 264 Å². The minimum Gasteiger partial charge on any atom is -0.456 e. The lowest BCUT2D eigenvalue weighted by Gasteiger charge is -2.27. The smallest absolute Gasteiger partial charge is 0.456 e. The fraction of sp³-hybridized carbons (Fsp3) is 0.746. The Balaban J connectivity index is 5.37. The Morgan fingerprint density at radius 1 is 0.493 bits per heavy atom. The highest BCUT2D eigenvalue weighted by Crippen LogP contribution is 2.43. The first kappa shape index (κ1) is 70.2. The van der Waals surface area contributed by atoms with Gasteiger partial charge in [-0.3, -0.25) is 18.6 Å². The second-order valence-electron chi connectivity index (χ2n) is 21.1. The van der Waals surface area contributed by atoms with Gasteiger partial charge in [0.15, 0.2) is 0 Å². The van der Waals surface area contributed by atoms with Crippen molar-refractivity contribution in [1.82, 2.24) is 5.32 Å². The molecular weight excluding hydrogens is 928 g/mol. The molecule has 0 radical (unpaired) electrons. The van der Waals surface area contributed by atoms with Gasteiger partial charge in [0.2, 0.25) is 5.91 Å². The van der Waals surface area contributed by atoms with Gasteiger partial charge < -0.3 is 19.4 Å². The summed E-state index contributed by atoms with van der Waals surface area (Å²) < 4.78 is 30.6. The predicted octanol–water partition coefficient (Wildman–Crippen LogP) is 18.2. The van der Waals surface area contributed by atoms with E-state index in [-0.39, 0.29) is 37.9 Å². The van der Waals surface area contributed by atoms with E-state index in [1.807, 2.05) is 33.3 Å². The molecule has 0 heterocycles. The molecule has 0 bridgehead atoms. The lowest BCUT2D eigenvalue weighted by molar-refractivity contribution is -0.870. The van der Waals surface area contributed by atoms with E-state index in [0.29, 0.717) is 17.4 Å². The van der Waals surface area contributed by atoms with Crippen LogP contribution in [0.5, 0.6) is 0 Å². The van der Waals surface area contributed by atoms with Gasteiger partial charge in [0.25, 0.3) is 0 Å². The molecule has 0 aliphatic carbocycles. The lowest BCUT2D eigenvalue weighted by atomic mass is 10.0. The third kappa shape index (κ3) is 53.8. The molecule has 422 valence electrons. The van der Waals surface area contributed by atoms with Crippen molar-refractivity contribution >= 4 is 19.7 Å². The van der Waals surface area contributed by atoms with Crippen molar-refractivity contribution < 1.29 is 37.3 Å². The number of hydrogen-bond donors (Lipinski definition) is 2. The molecule has 73 heavy (non-hydrogen) atoms. The number of carbonyl (C=O) groups excluding carboxylic acids is 2. The maximum atomic E-state index is 13.5. The first-order valence-electron chi connectivity index (χ1n) is 29.9. The van der Waals surface area contributed by atoms with Crippen molar-refractivity contribution in [2.75, 3.05) is 40.9 Å². The largest absolute Gasteiger partial charge is 0.472 e. The molecule has 0 fully saturated rings. The van der Waals surface area contributed by atoms with Gasteiger partial charge in [0.1, 0.15) is 19.3 Å². The number of amides is 1. The van der Waals surface area contributed by atoms with E-state index < -0.39 is 20.0 Å². The summed E-state index contributed by atoms with van der Waals surface area (Å²) in [4.78, 5) is 37.6. The minimum atomic E-state index is -4.46. The number of unbranched alkanes of at least 4 members (excludes halogenated alkanes) is 25. The summed E-state index contributed by atoms with van der Waals surface area (Å²) in [5, 5.41) is 3.03. The third-order valence-electron chi connectivity index (χ3n) is 12.8. The van der Waals surface area contributed by atoms with Gasteiger partial charge in [-0.05, 0) is 83.1 Å². The highest BCUT2D eigenvalue weighted by atomic mass is 31.2. The Morgan fingerprint density at radius 2 is 0.877 bits per heavy atom. The van der Waals surface area contributed by atoms with Crippen LogP contribution in [0, 0.1) is 0 Å². The molecule has 3 unspecified atom stereocenters. The number of phosphoric ester groups is 1. The summed E-state index contributed by atoms with van der Waals surface area (Å²) in [6.07, 6.45) is 68.7. The molecule has 0 aromatic heterocycles.